The number of pyridine rings is 1. The first-order valence-electron chi connectivity index (χ1n) is 5.93. The van der Waals surface area contributed by atoms with Crippen molar-refractivity contribution in [1.29, 1.82) is 0 Å². The molecule has 1 atom stereocenters. The first kappa shape index (κ1) is 12.2. The molecule has 0 amide bonds. The van der Waals surface area contributed by atoms with Gasteiger partial charge in [-0.15, -0.1) is 0 Å². The van der Waals surface area contributed by atoms with Crippen LogP contribution >= 0.6 is 0 Å². The molecule has 92 valence electrons. The highest BCUT2D eigenvalue weighted by molar-refractivity contribution is 5.74. The van der Waals surface area contributed by atoms with Crippen LogP contribution in [-0.4, -0.2) is 24.2 Å². The maximum Gasteiger partial charge on any atom is 0.168 e. The van der Waals surface area contributed by atoms with Crippen molar-refractivity contribution in [3.8, 4) is 0 Å². The molecule has 1 fully saturated rings. The zero-order chi connectivity index (χ0) is 12.1. The molecule has 0 spiro atoms. The molecule has 0 radical (unpaired) electrons. The SMILES string of the molecule is Cc1cnc(C=O)c(COC2CCCCO2)c1. The third kappa shape index (κ3) is 3.35. The van der Waals surface area contributed by atoms with E-state index in [1.54, 1.807) is 6.20 Å². The number of carbonyl (C=O) groups excluding carboxylic acids is 1. The van der Waals surface area contributed by atoms with E-state index in [2.05, 4.69) is 4.98 Å². The van der Waals surface area contributed by atoms with Gasteiger partial charge in [0, 0.05) is 18.4 Å². The number of ether oxygens (including phenoxy) is 2. The Kier molecular flexibility index (Phi) is 4.23. The van der Waals surface area contributed by atoms with Gasteiger partial charge in [-0.2, -0.15) is 0 Å². The van der Waals surface area contributed by atoms with Crippen LogP contribution in [0.1, 0.15) is 40.9 Å². The van der Waals surface area contributed by atoms with E-state index >= 15 is 0 Å². The van der Waals surface area contributed by atoms with E-state index < -0.39 is 0 Å². The average Bonchev–Trinajstić information content (AvgIpc) is 2.38. The fraction of sp³-hybridized carbons (Fsp3) is 0.538. The van der Waals surface area contributed by atoms with Gasteiger partial charge in [-0.25, -0.2) is 0 Å². The summed E-state index contributed by atoms with van der Waals surface area (Å²) in [6.07, 6.45) is 5.48. The van der Waals surface area contributed by atoms with Gasteiger partial charge in [-0.05, 0) is 37.8 Å². The van der Waals surface area contributed by atoms with Crippen molar-refractivity contribution in [3.63, 3.8) is 0 Å². The minimum Gasteiger partial charge on any atom is -0.353 e. The van der Waals surface area contributed by atoms with Gasteiger partial charge in [0.2, 0.25) is 0 Å². The van der Waals surface area contributed by atoms with Gasteiger partial charge in [0.15, 0.2) is 12.6 Å². The quantitative estimate of drug-likeness (QED) is 0.751. The Bertz CT molecular complexity index is 386. The molecule has 4 nitrogen and oxygen atoms in total. The molecule has 0 N–H and O–H groups in total. The van der Waals surface area contributed by atoms with Crippen LogP contribution in [0.25, 0.3) is 0 Å². The second kappa shape index (κ2) is 5.89. The highest BCUT2D eigenvalue weighted by Gasteiger charge is 2.15. The number of aryl methyl sites for hydroxylation is 1. The van der Waals surface area contributed by atoms with Gasteiger partial charge >= 0.3 is 0 Å². The zero-order valence-electron chi connectivity index (χ0n) is 10.0. The minimum atomic E-state index is -0.135. The molecular formula is C13H17NO3. The van der Waals surface area contributed by atoms with Gasteiger partial charge in [0.1, 0.15) is 5.69 Å². The largest absolute Gasteiger partial charge is 0.353 e. The maximum absolute atomic E-state index is 10.8. The Morgan fingerprint density at radius 3 is 3.18 bits per heavy atom. The topological polar surface area (TPSA) is 48.4 Å². The van der Waals surface area contributed by atoms with Gasteiger partial charge in [0.25, 0.3) is 0 Å². The highest BCUT2D eigenvalue weighted by atomic mass is 16.7. The predicted molar refractivity (Wildman–Crippen MR) is 62.7 cm³/mol. The summed E-state index contributed by atoms with van der Waals surface area (Å²) in [5.41, 5.74) is 2.30. The van der Waals surface area contributed by atoms with Gasteiger partial charge in [-0.1, -0.05) is 0 Å². The molecule has 0 aliphatic carbocycles. The van der Waals surface area contributed by atoms with Crippen LogP contribution in [0, 0.1) is 6.92 Å². The molecular weight excluding hydrogens is 218 g/mol. The third-order valence-electron chi connectivity index (χ3n) is 2.81. The summed E-state index contributed by atoms with van der Waals surface area (Å²) in [7, 11) is 0. The average molecular weight is 235 g/mol. The van der Waals surface area contributed by atoms with Crippen LogP contribution in [0.2, 0.25) is 0 Å². The summed E-state index contributed by atoms with van der Waals surface area (Å²) in [6.45, 7) is 3.09. The van der Waals surface area contributed by atoms with Crippen LogP contribution in [0.4, 0.5) is 0 Å². The molecule has 0 bridgehead atoms. The third-order valence-corrected chi connectivity index (χ3v) is 2.81. The van der Waals surface area contributed by atoms with Crippen molar-refractivity contribution < 1.29 is 14.3 Å². The Morgan fingerprint density at radius 2 is 2.47 bits per heavy atom. The summed E-state index contributed by atoms with van der Waals surface area (Å²) < 4.78 is 11.1. The summed E-state index contributed by atoms with van der Waals surface area (Å²) >= 11 is 0. The van der Waals surface area contributed by atoms with E-state index in [-0.39, 0.29) is 6.29 Å². The molecule has 0 aromatic carbocycles. The molecule has 1 aliphatic rings. The lowest BCUT2D eigenvalue weighted by molar-refractivity contribution is -0.169. The fourth-order valence-corrected chi connectivity index (χ4v) is 1.89. The molecule has 17 heavy (non-hydrogen) atoms. The number of rotatable bonds is 4. The van der Waals surface area contributed by atoms with Crippen LogP contribution < -0.4 is 0 Å². The van der Waals surface area contributed by atoms with E-state index in [9.17, 15) is 4.79 Å². The Hall–Kier alpha value is -1.26. The standard InChI is InChI=1S/C13H17NO3/c1-10-6-11(12(8-15)14-7-10)9-17-13-4-2-3-5-16-13/h6-8,13H,2-5,9H2,1H3. The first-order valence-corrected chi connectivity index (χ1v) is 5.93. The fourth-order valence-electron chi connectivity index (χ4n) is 1.89. The lowest BCUT2D eigenvalue weighted by atomic mass is 10.1. The van der Waals surface area contributed by atoms with Crippen LogP contribution in [0.5, 0.6) is 0 Å². The first-order chi connectivity index (χ1) is 8.29. The Labute approximate surface area is 101 Å². The summed E-state index contributed by atoms with van der Waals surface area (Å²) in [5.74, 6) is 0. The number of aldehydes is 1. The van der Waals surface area contributed by atoms with Gasteiger partial charge < -0.3 is 9.47 Å². The van der Waals surface area contributed by atoms with Crippen molar-refractivity contribution in [2.24, 2.45) is 0 Å². The van der Waals surface area contributed by atoms with Crippen LogP contribution in [0.15, 0.2) is 12.3 Å². The van der Waals surface area contributed by atoms with E-state index in [1.807, 2.05) is 13.0 Å². The molecule has 0 saturated carbocycles. The summed E-state index contributed by atoms with van der Waals surface area (Å²) in [5, 5.41) is 0. The van der Waals surface area contributed by atoms with E-state index in [0.29, 0.717) is 12.3 Å². The molecule has 1 aliphatic heterocycles. The maximum atomic E-state index is 10.8. The summed E-state index contributed by atoms with van der Waals surface area (Å²) in [6, 6.07) is 1.93. The van der Waals surface area contributed by atoms with E-state index in [0.717, 1.165) is 43.3 Å². The molecule has 1 saturated heterocycles. The predicted octanol–water partition coefficient (Wildman–Crippen LogP) is 2.25. The molecule has 2 heterocycles. The Morgan fingerprint density at radius 1 is 1.59 bits per heavy atom. The van der Waals surface area contributed by atoms with Gasteiger partial charge in [-0.3, -0.25) is 9.78 Å². The number of aromatic nitrogens is 1. The van der Waals surface area contributed by atoms with E-state index in [4.69, 9.17) is 9.47 Å². The van der Waals surface area contributed by atoms with E-state index in [1.165, 1.54) is 0 Å². The lowest BCUT2D eigenvalue weighted by Gasteiger charge is -2.22. The second-order valence-corrected chi connectivity index (χ2v) is 4.28. The molecule has 4 heteroatoms. The number of carbonyl (C=O) groups is 1. The van der Waals surface area contributed by atoms with Crippen molar-refractivity contribution in [2.75, 3.05) is 6.61 Å². The highest BCUT2D eigenvalue weighted by Crippen LogP contribution is 2.16. The lowest BCUT2D eigenvalue weighted by Crippen LogP contribution is -2.22. The number of hydrogen-bond donors (Lipinski definition) is 0. The van der Waals surface area contributed by atoms with Crippen LogP contribution in [0.3, 0.4) is 0 Å². The smallest absolute Gasteiger partial charge is 0.168 e. The minimum absolute atomic E-state index is 0.135. The normalized spacial score (nSPS) is 20.2. The second-order valence-electron chi connectivity index (χ2n) is 4.28. The molecule has 2 rings (SSSR count). The monoisotopic (exact) mass is 235 g/mol. The van der Waals surface area contributed by atoms with Crippen molar-refractivity contribution in [1.82, 2.24) is 4.98 Å². The van der Waals surface area contributed by atoms with Crippen molar-refractivity contribution >= 4 is 6.29 Å². The number of hydrogen-bond acceptors (Lipinski definition) is 4. The summed E-state index contributed by atoms with van der Waals surface area (Å²) in [4.78, 5) is 14.9. The van der Waals surface area contributed by atoms with Crippen molar-refractivity contribution in [3.05, 3.63) is 29.1 Å². The zero-order valence-corrected chi connectivity index (χ0v) is 10.0. The number of nitrogens with zero attached hydrogens (tertiary/aromatic N) is 1. The molecule has 1 aromatic heterocycles. The Balaban J connectivity index is 1.97. The van der Waals surface area contributed by atoms with Crippen LogP contribution in [-0.2, 0) is 16.1 Å². The molecule has 1 unspecified atom stereocenters. The van der Waals surface area contributed by atoms with Gasteiger partial charge in [0.05, 0.1) is 6.61 Å². The molecule has 1 aromatic rings. The van der Waals surface area contributed by atoms with Crippen molar-refractivity contribution in [2.45, 2.75) is 39.1 Å².